The molecule has 1 aromatic heterocycles. The van der Waals surface area contributed by atoms with Gasteiger partial charge in [-0.3, -0.25) is 14.4 Å². The van der Waals surface area contributed by atoms with Crippen molar-refractivity contribution in [2.24, 2.45) is 0 Å². The van der Waals surface area contributed by atoms with Crippen LogP contribution in [0.15, 0.2) is 53.3 Å². The van der Waals surface area contributed by atoms with E-state index in [0.717, 1.165) is 19.3 Å². The number of rotatable bonds is 6. The molecule has 172 valence electrons. The standard InChI is InChI=1S/C25H27ClN4O3/c1-2-3-6-13-30-24(32)21-8-5-4-7-20(21)22(27-30)25(33)29-16-14-28(15-17-29)23(31)18-9-11-19(26)12-10-18/h4-5,7-12H,2-3,6,13-17H2,1H3. The number of fused-ring (bicyclic) bond motifs is 1. The molecule has 0 spiro atoms. The lowest BCUT2D eigenvalue weighted by Crippen LogP contribution is -2.51. The average Bonchev–Trinajstić information content (AvgIpc) is 2.85. The second kappa shape index (κ2) is 10.2. The zero-order valence-electron chi connectivity index (χ0n) is 18.7. The highest BCUT2D eigenvalue weighted by Crippen LogP contribution is 2.18. The third-order valence-electron chi connectivity index (χ3n) is 5.99. The van der Waals surface area contributed by atoms with Gasteiger partial charge in [-0.25, -0.2) is 4.68 Å². The summed E-state index contributed by atoms with van der Waals surface area (Å²) in [4.78, 5) is 42.5. The third-order valence-corrected chi connectivity index (χ3v) is 6.24. The highest BCUT2D eigenvalue weighted by Gasteiger charge is 2.28. The van der Waals surface area contributed by atoms with Gasteiger partial charge in [0.2, 0.25) is 0 Å². The van der Waals surface area contributed by atoms with Gasteiger partial charge < -0.3 is 9.80 Å². The number of carbonyl (C=O) groups is 2. The summed E-state index contributed by atoms with van der Waals surface area (Å²) in [7, 11) is 0. The Morgan fingerprint density at radius 1 is 0.879 bits per heavy atom. The maximum Gasteiger partial charge on any atom is 0.275 e. The molecular weight excluding hydrogens is 440 g/mol. The van der Waals surface area contributed by atoms with Gasteiger partial charge in [-0.05, 0) is 36.8 Å². The van der Waals surface area contributed by atoms with Gasteiger partial charge in [0.1, 0.15) is 0 Å². The maximum absolute atomic E-state index is 13.4. The lowest BCUT2D eigenvalue weighted by molar-refractivity contribution is 0.0532. The fourth-order valence-corrected chi connectivity index (χ4v) is 4.22. The zero-order valence-corrected chi connectivity index (χ0v) is 19.4. The van der Waals surface area contributed by atoms with Crippen LogP contribution in [0, 0.1) is 0 Å². The van der Waals surface area contributed by atoms with Crippen molar-refractivity contribution in [2.75, 3.05) is 26.2 Å². The van der Waals surface area contributed by atoms with Crippen molar-refractivity contribution in [1.29, 1.82) is 0 Å². The Kier molecular flexibility index (Phi) is 7.08. The van der Waals surface area contributed by atoms with Crippen molar-refractivity contribution in [1.82, 2.24) is 19.6 Å². The number of amides is 2. The molecule has 7 nitrogen and oxygen atoms in total. The van der Waals surface area contributed by atoms with Gasteiger partial charge in [0.25, 0.3) is 17.4 Å². The van der Waals surface area contributed by atoms with Gasteiger partial charge in [0, 0.05) is 48.7 Å². The largest absolute Gasteiger partial charge is 0.335 e. The molecule has 2 heterocycles. The van der Waals surface area contributed by atoms with Crippen LogP contribution in [0.3, 0.4) is 0 Å². The summed E-state index contributed by atoms with van der Waals surface area (Å²) < 4.78 is 1.42. The number of aryl methyl sites for hydroxylation is 1. The van der Waals surface area contributed by atoms with Crippen molar-refractivity contribution in [3.8, 4) is 0 Å². The lowest BCUT2D eigenvalue weighted by Gasteiger charge is -2.34. The average molecular weight is 467 g/mol. The predicted molar refractivity (Wildman–Crippen MR) is 129 cm³/mol. The van der Waals surface area contributed by atoms with Crippen LogP contribution in [0.5, 0.6) is 0 Å². The number of benzene rings is 2. The molecule has 3 aromatic rings. The van der Waals surface area contributed by atoms with Gasteiger partial charge in [0.05, 0.1) is 5.39 Å². The Labute approximate surface area is 197 Å². The van der Waals surface area contributed by atoms with Crippen LogP contribution in [0.1, 0.15) is 47.0 Å². The van der Waals surface area contributed by atoms with Gasteiger partial charge in [-0.1, -0.05) is 49.6 Å². The molecule has 1 saturated heterocycles. The molecule has 0 radical (unpaired) electrons. The Morgan fingerprint density at radius 2 is 1.48 bits per heavy atom. The van der Waals surface area contributed by atoms with Crippen molar-refractivity contribution in [2.45, 2.75) is 32.7 Å². The van der Waals surface area contributed by atoms with E-state index in [1.54, 1.807) is 52.3 Å². The molecule has 33 heavy (non-hydrogen) atoms. The first kappa shape index (κ1) is 23.0. The summed E-state index contributed by atoms with van der Waals surface area (Å²) >= 11 is 5.92. The Balaban J connectivity index is 1.53. The van der Waals surface area contributed by atoms with Gasteiger partial charge in [0.15, 0.2) is 5.69 Å². The van der Waals surface area contributed by atoms with E-state index >= 15 is 0 Å². The number of hydrogen-bond acceptors (Lipinski definition) is 4. The molecular formula is C25H27ClN4O3. The Morgan fingerprint density at radius 3 is 2.12 bits per heavy atom. The van der Waals surface area contributed by atoms with E-state index in [4.69, 9.17) is 11.6 Å². The first-order valence-corrected chi connectivity index (χ1v) is 11.7. The summed E-state index contributed by atoms with van der Waals surface area (Å²) in [5, 5.41) is 6.13. The van der Waals surface area contributed by atoms with Gasteiger partial charge in [-0.15, -0.1) is 0 Å². The minimum atomic E-state index is -0.214. The number of aromatic nitrogens is 2. The summed E-state index contributed by atoms with van der Waals surface area (Å²) in [5.74, 6) is -0.291. The molecule has 0 N–H and O–H groups in total. The molecule has 8 heteroatoms. The summed E-state index contributed by atoms with van der Waals surface area (Å²) in [5.41, 5.74) is 0.696. The normalized spacial score (nSPS) is 14.0. The van der Waals surface area contributed by atoms with Crippen molar-refractivity contribution >= 4 is 34.2 Å². The quantitative estimate of drug-likeness (QED) is 0.517. The molecule has 0 aliphatic carbocycles. The molecule has 1 aliphatic heterocycles. The lowest BCUT2D eigenvalue weighted by atomic mass is 10.1. The van der Waals surface area contributed by atoms with E-state index in [2.05, 4.69) is 12.0 Å². The highest BCUT2D eigenvalue weighted by molar-refractivity contribution is 6.30. The van der Waals surface area contributed by atoms with Gasteiger partial charge >= 0.3 is 0 Å². The topological polar surface area (TPSA) is 75.5 Å². The van der Waals surface area contributed by atoms with Crippen LogP contribution in [0.25, 0.3) is 10.8 Å². The monoisotopic (exact) mass is 466 g/mol. The van der Waals surface area contributed by atoms with Crippen molar-refractivity contribution in [3.05, 3.63) is 75.2 Å². The summed E-state index contributed by atoms with van der Waals surface area (Å²) in [6, 6.07) is 13.9. The highest BCUT2D eigenvalue weighted by atomic mass is 35.5. The van der Waals surface area contributed by atoms with Crippen LogP contribution in [0.4, 0.5) is 0 Å². The van der Waals surface area contributed by atoms with Crippen LogP contribution >= 0.6 is 11.6 Å². The van der Waals surface area contributed by atoms with E-state index in [1.807, 2.05) is 6.07 Å². The maximum atomic E-state index is 13.4. The van der Waals surface area contributed by atoms with Gasteiger partial charge in [-0.2, -0.15) is 5.10 Å². The smallest absolute Gasteiger partial charge is 0.275 e. The minimum Gasteiger partial charge on any atom is -0.335 e. The van der Waals surface area contributed by atoms with E-state index in [-0.39, 0.29) is 17.4 Å². The van der Waals surface area contributed by atoms with Crippen LogP contribution in [-0.2, 0) is 6.54 Å². The fourth-order valence-electron chi connectivity index (χ4n) is 4.09. The molecule has 1 aliphatic rings. The SMILES string of the molecule is CCCCCn1nc(C(=O)N2CCN(C(=O)c3ccc(Cl)cc3)CC2)c2ccccc2c1=O. The second-order valence-corrected chi connectivity index (χ2v) is 8.66. The van der Waals surface area contributed by atoms with Crippen LogP contribution in [-0.4, -0.2) is 57.6 Å². The second-order valence-electron chi connectivity index (χ2n) is 8.22. The van der Waals surface area contributed by atoms with Crippen molar-refractivity contribution in [3.63, 3.8) is 0 Å². The Bertz CT molecular complexity index is 1210. The first-order chi connectivity index (χ1) is 16.0. The molecule has 0 saturated carbocycles. The fraction of sp³-hybridized carbons (Fsp3) is 0.360. The first-order valence-electron chi connectivity index (χ1n) is 11.3. The molecule has 2 aromatic carbocycles. The molecule has 1 fully saturated rings. The molecule has 0 unspecified atom stereocenters. The van der Waals surface area contributed by atoms with E-state index < -0.39 is 0 Å². The van der Waals surface area contributed by atoms with E-state index in [9.17, 15) is 14.4 Å². The third kappa shape index (κ3) is 4.93. The number of piperazine rings is 1. The van der Waals surface area contributed by atoms with Crippen LogP contribution in [0.2, 0.25) is 5.02 Å². The van der Waals surface area contributed by atoms with E-state index in [0.29, 0.717) is 59.8 Å². The number of halogens is 1. The number of hydrogen-bond donors (Lipinski definition) is 0. The van der Waals surface area contributed by atoms with Crippen LogP contribution < -0.4 is 5.56 Å². The van der Waals surface area contributed by atoms with Crippen molar-refractivity contribution < 1.29 is 9.59 Å². The Hall–Kier alpha value is -3.19. The number of nitrogens with zero attached hydrogens (tertiary/aromatic N) is 4. The number of unbranched alkanes of at least 4 members (excludes halogenated alkanes) is 2. The minimum absolute atomic E-state index is 0.0770. The molecule has 4 rings (SSSR count). The summed E-state index contributed by atoms with van der Waals surface area (Å²) in [6.07, 6.45) is 2.86. The van der Waals surface area contributed by atoms with E-state index in [1.165, 1.54) is 4.68 Å². The predicted octanol–water partition coefficient (Wildman–Crippen LogP) is 3.84. The molecule has 2 amide bonds. The number of carbonyl (C=O) groups excluding carboxylic acids is 2. The zero-order chi connectivity index (χ0) is 23.4. The summed E-state index contributed by atoms with van der Waals surface area (Å²) in [6.45, 7) is 4.26. The molecule has 0 bridgehead atoms. The molecule has 0 atom stereocenters.